The Kier molecular flexibility index (Phi) is 3.20. The maximum absolute atomic E-state index is 11.8. The van der Waals surface area contributed by atoms with E-state index >= 15 is 0 Å². The summed E-state index contributed by atoms with van der Waals surface area (Å²) >= 11 is 0. The standard InChI is InChI=1S/C16H18N2O3/c1-2-16(15(20)21)7-3-9-18(16)14-13-10-12(19)5-4-11(13)6-8-17-14/h4-6,8,10,19H,2-3,7,9H2,1H3,(H,20,21). The van der Waals surface area contributed by atoms with Crippen LogP contribution < -0.4 is 4.90 Å². The molecule has 1 fully saturated rings. The number of carboxylic acid groups (broad SMARTS) is 1. The Balaban J connectivity index is 2.20. The van der Waals surface area contributed by atoms with Gasteiger partial charge in [-0.05, 0) is 42.8 Å². The van der Waals surface area contributed by atoms with Gasteiger partial charge >= 0.3 is 5.97 Å². The van der Waals surface area contributed by atoms with E-state index in [0.29, 0.717) is 25.2 Å². The largest absolute Gasteiger partial charge is 0.508 e. The number of anilines is 1. The average Bonchev–Trinajstić information content (AvgIpc) is 2.91. The second kappa shape index (κ2) is 4.91. The van der Waals surface area contributed by atoms with Gasteiger partial charge in [0.05, 0.1) is 0 Å². The third-order valence-electron chi connectivity index (χ3n) is 4.46. The molecule has 1 aromatic carbocycles. The fraction of sp³-hybridized carbons (Fsp3) is 0.375. The van der Waals surface area contributed by atoms with Crippen molar-refractivity contribution in [2.45, 2.75) is 31.7 Å². The van der Waals surface area contributed by atoms with E-state index in [0.717, 1.165) is 17.2 Å². The van der Waals surface area contributed by atoms with Crippen LogP contribution in [-0.4, -0.2) is 33.3 Å². The summed E-state index contributed by atoms with van der Waals surface area (Å²) in [7, 11) is 0. The summed E-state index contributed by atoms with van der Waals surface area (Å²) in [5, 5.41) is 21.2. The van der Waals surface area contributed by atoms with Crippen molar-refractivity contribution in [3.63, 3.8) is 0 Å². The molecule has 0 spiro atoms. The summed E-state index contributed by atoms with van der Waals surface area (Å²) in [4.78, 5) is 18.1. The number of carbonyl (C=O) groups is 1. The molecule has 1 aromatic heterocycles. The monoisotopic (exact) mass is 286 g/mol. The quantitative estimate of drug-likeness (QED) is 0.907. The lowest BCUT2D eigenvalue weighted by Gasteiger charge is -2.35. The second-order valence-electron chi connectivity index (χ2n) is 5.49. The SMILES string of the molecule is CCC1(C(=O)O)CCCN1c1nccc2ccc(O)cc12. The number of fused-ring (bicyclic) bond motifs is 1. The minimum atomic E-state index is -0.896. The van der Waals surface area contributed by atoms with Crippen LogP contribution in [0, 0.1) is 0 Å². The van der Waals surface area contributed by atoms with Crippen molar-refractivity contribution in [1.82, 2.24) is 4.98 Å². The Labute approximate surface area is 122 Å². The highest BCUT2D eigenvalue weighted by Gasteiger charge is 2.47. The van der Waals surface area contributed by atoms with E-state index in [9.17, 15) is 15.0 Å². The molecule has 1 aliphatic heterocycles. The molecule has 1 atom stereocenters. The zero-order chi connectivity index (χ0) is 15.0. The van der Waals surface area contributed by atoms with Gasteiger partial charge in [-0.3, -0.25) is 0 Å². The van der Waals surface area contributed by atoms with Crippen molar-refractivity contribution in [3.05, 3.63) is 30.5 Å². The molecule has 0 radical (unpaired) electrons. The number of phenols is 1. The predicted molar refractivity (Wildman–Crippen MR) is 80.6 cm³/mol. The van der Waals surface area contributed by atoms with Crippen LogP contribution in [0.1, 0.15) is 26.2 Å². The first-order valence-corrected chi connectivity index (χ1v) is 7.17. The molecule has 0 amide bonds. The van der Waals surface area contributed by atoms with E-state index in [1.165, 1.54) is 0 Å². The molecule has 1 unspecified atom stereocenters. The van der Waals surface area contributed by atoms with Crippen molar-refractivity contribution in [2.75, 3.05) is 11.4 Å². The smallest absolute Gasteiger partial charge is 0.329 e. The van der Waals surface area contributed by atoms with E-state index in [4.69, 9.17) is 0 Å². The van der Waals surface area contributed by atoms with E-state index in [2.05, 4.69) is 4.98 Å². The molecule has 2 aromatic rings. The summed E-state index contributed by atoms with van der Waals surface area (Å²) in [5.74, 6) is -0.0000217. The number of aliphatic carboxylic acids is 1. The number of carboxylic acids is 1. The molecule has 110 valence electrons. The summed E-state index contributed by atoms with van der Waals surface area (Å²) in [6.45, 7) is 2.57. The Morgan fingerprint density at radius 1 is 1.43 bits per heavy atom. The van der Waals surface area contributed by atoms with E-state index in [1.54, 1.807) is 18.3 Å². The minimum absolute atomic E-state index is 0.161. The highest BCUT2D eigenvalue weighted by Crippen LogP contribution is 2.39. The third-order valence-corrected chi connectivity index (χ3v) is 4.46. The van der Waals surface area contributed by atoms with Crippen molar-refractivity contribution < 1.29 is 15.0 Å². The van der Waals surface area contributed by atoms with Crippen molar-refractivity contribution in [1.29, 1.82) is 0 Å². The number of nitrogens with zero attached hydrogens (tertiary/aromatic N) is 2. The van der Waals surface area contributed by atoms with Crippen LogP contribution in [0.2, 0.25) is 0 Å². The van der Waals surface area contributed by atoms with Crippen LogP contribution in [0.15, 0.2) is 30.5 Å². The number of hydrogen-bond donors (Lipinski definition) is 2. The van der Waals surface area contributed by atoms with Gasteiger partial charge in [0, 0.05) is 18.1 Å². The Hall–Kier alpha value is -2.30. The van der Waals surface area contributed by atoms with Gasteiger partial charge in [0.2, 0.25) is 0 Å². The molecule has 5 heteroatoms. The van der Waals surface area contributed by atoms with E-state index in [1.807, 2.05) is 24.0 Å². The summed E-state index contributed by atoms with van der Waals surface area (Å²) in [6, 6.07) is 6.96. The molecular weight excluding hydrogens is 268 g/mol. The highest BCUT2D eigenvalue weighted by molar-refractivity contribution is 5.96. The van der Waals surface area contributed by atoms with Crippen LogP contribution in [0.5, 0.6) is 5.75 Å². The normalized spacial score (nSPS) is 21.9. The second-order valence-corrected chi connectivity index (χ2v) is 5.49. The van der Waals surface area contributed by atoms with Crippen molar-refractivity contribution >= 4 is 22.6 Å². The minimum Gasteiger partial charge on any atom is -0.508 e. The Morgan fingerprint density at radius 3 is 2.95 bits per heavy atom. The van der Waals surface area contributed by atoms with Crippen LogP contribution >= 0.6 is 0 Å². The van der Waals surface area contributed by atoms with Gasteiger partial charge in [0.25, 0.3) is 0 Å². The number of rotatable bonds is 3. The Morgan fingerprint density at radius 2 is 2.24 bits per heavy atom. The molecule has 2 heterocycles. The van der Waals surface area contributed by atoms with Gasteiger partial charge < -0.3 is 15.1 Å². The number of aromatic hydroxyl groups is 1. The molecular formula is C16H18N2O3. The van der Waals surface area contributed by atoms with Crippen molar-refractivity contribution in [3.8, 4) is 5.75 Å². The van der Waals surface area contributed by atoms with E-state index < -0.39 is 11.5 Å². The van der Waals surface area contributed by atoms with Gasteiger partial charge in [0.15, 0.2) is 0 Å². The topological polar surface area (TPSA) is 73.7 Å². The molecule has 2 N–H and O–H groups in total. The highest BCUT2D eigenvalue weighted by atomic mass is 16.4. The maximum atomic E-state index is 11.8. The average molecular weight is 286 g/mol. The molecule has 3 rings (SSSR count). The summed E-state index contributed by atoms with van der Waals surface area (Å²) in [6.07, 6.45) is 3.67. The first-order chi connectivity index (χ1) is 10.1. The van der Waals surface area contributed by atoms with Gasteiger partial charge in [-0.2, -0.15) is 0 Å². The molecule has 1 aliphatic rings. The molecule has 5 nitrogen and oxygen atoms in total. The number of phenolic OH excluding ortho intramolecular Hbond substituents is 1. The number of benzene rings is 1. The van der Waals surface area contributed by atoms with Gasteiger partial charge in [-0.25, -0.2) is 9.78 Å². The number of aromatic nitrogens is 1. The molecule has 1 saturated heterocycles. The Bertz CT molecular complexity index is 701. The lowest BCUT2D eigenvalue weighted by molar-refractivity contribution is -0.143. The zero-order valence-electron chi connectivity index (χ0n) is 11.9. The number of pyridine rings is 1. The van der Waals surface area contributed by atoms with E-state index in [-0.39, 0.29) is 5.75 Å². The number of hydrogen-bond acceptors (Lipinski definition) is 4. The van der Waals surface area contributed by atoms with Gasteiger partial charge in [0.1, 0.15) is 17.1 Å². The van der Waals surface area contributed by atoms with Crippen LogP contribution in [0.3, 0.4) is 0 Å². The predicted octanol–water partition coefficient (Wildman–Crippen LogP) is 2.77. The molecule has 0 saturated carbocycles. The fourth-order valence-electron chi connectivity index (χ4n) is 3.28. The first kappa shape index (κ1) is 13.7. The third kappa shape index (κ3) is 2.00. The lowest BCUT2D eigenvalue weighted by atomic mass is 9.92. The summed E-state index contributed by atoms with van der Waals surface area (Å²) in [5.41, 5.74) is -0.896. The molecule has 0 bridgehead atoms. The lowest BCUT2D eigenvalue weighted by Crippen LogP contribution is -2.50. The van der Waals surface area contributed by atoms with Crippen LogP contribution in [0.4, 0.5) is 5.82 Å². The summed E-state index contributed by atoms with van der Waals surface area (Å²) < 4.78 is 0. The molecule has 0 aliphatic carbocycles. The van der Waals surface area contributed by atoms with Crippen LogP contribution in [0.25, 0.3) is 10.8 Å². The molecule has 21 heavy (non-hydrogen) atoms. The van der Waals surface area contributed by atoms with Crippen LogP contribution in [-0.2, 0) is 4.79 Å². The fourth-order valence-corrected chi connectivity index (χ4v) is 3.28. The van der Waals surface area contributed by atoms with Gasteiger partial charge in [-0.1, -0.05) is 13.0 Å². The first-order valence-electron chi connectivity index (χ1n) is 7.17. The zero-order valence-corrected chi connectivity index (χ0v) is 11.9. The maximum Gasteiger partial charge on any atom is 0.329 e. The van der Waals surface area contributed by atoms with Gasteiger partial charge in [-0.15, -0.1) is 0 Å². The van der Waals surface area contributed by atoms with Crippen molar-refractivity contribution in [2.24, 2.45) is 0 Å².